The Labute approximate surface area is 89.1 Å². The molecular formula is C12H14O3. The van der Waals surface area contributed by atoms with E-state index in [0.717, 1.165) is 18.3 Å². The zero-order valence-electron chi connectivity index (χ0n) is 8.73. The van der Waals surface area contributed by atoms with Crippen molar-refractivity contribution in [1.29, 1.82) is 0 Å². The topological polar surface area (TPSA) is 43.4 Å². The first-order valence-electron chi connectivity index (χ1n) is 4.99. The maximum atomic E-state index is 11.1. The minimum absolute atomic E-state index is 0.222. The van der Waals surface area contributed by atoms with Crippen molar-refractivity contribution >= 4 is 12.3 Å². The van der Waals surface area contributed by atoms with Gasteiger partial charge in [-0.3, -0.25) is 4.79 Å². The predicted molar refractivity (Wildman–Crippen MR) is 56.8 cm³/mol. The minimum Gasteiger partial charge on any atom is -0.427 e. The lowest BCUT2D eigenvalue weighted by atomic mass is 10.2. The van der Waals surface area contributed by atoms with E-state index in [2.05, 4.69) is 0 Å². The summed E-state index contributed by atoms with van der Waals surface area (Å²) in [6, 6.07) is 6.96. The van der Waals surface area contributed by atoms with Crippen molar-refractivity contribution in [1.82, 2.24) is 0 Å². The molecule has 15 heavy (non-hydrogen) atoms. The highest BCUT2D eigenvalue weighted by Gasteiger charge is 2.02. The van der Waals surface area contributed by atoms with Crippen molar-refractivity contribution in [3.63, 3.8) is 0 Å². The Bertz CT molecular complexity index is 327. The summed E-state index contributed by atoms with van der Waals surface area (Å²) in [6.45, 7) is 1.93. The lowest BCUT2D eigenvalue weighted by molar-refractivity contribution is -0.134. The minimum atomic E-state index is -0.222. The number of benzene rings is 1. The molecule has 0 N–H and O–H groups in total. The number of esters is 1. The maximum absolute atomic E-state index is 11.1. The highest BCUT2D eigenvalue weighted by Crippen LogP contribution is 2.13. The van der Waals surface area contributed by atoms with Crippen LogP contribution in [-0.4, -0.2) is 12.3 Å². The summed E-state index contributed by atoms with van der Waals surface area (Å²) in [4.78, 5) is 21.4. The third-order valence-electron chi connectivity index (χ3n) is 1.93. The summed E-state index contributed by atoms with van der Waals surface area (Å²) in [6.07, 6.45) is 2.44. The van der Waals surface area contributed by atoms with Gasteiger partial charge >= 0.3 is 5.97 Å². The van der Waals surface area contributed by atoms with Crippen molar-refractivity contribution in [3.8, 4) is 5.75 Å². The lowest BCUT2D eigenvalue weighted by Crippen LogP contribution is -2.06. The third kappa shape index (κ3) is 3.94. The Morgan fingerprint density at radius 3 is 2.53 bits per heavy atom. The van der Waals surface area contributed by atoms with Gasteiger partial charge in [0.05, 0.1) is 0 Å². The summed E-state index contributed by atoms with van der Waals surface area (Å²) < 4.78 is 5.06. The van der Waals surface area contributed by atoms with Crippen LogP contribution in [0.4, 0.5) is 0 Å². The fourth-order valence-electron chi connectivity index (χ4n) is 1.18. The molecule has 0 spiro atoms. The van der Waals surface area contributed by atoms with Crippen molar-refractivity contribution in [3.05, 3.63) is 29.8 Å². The molecule has 0 saturated heterocycles. The van der Waals surface area contributed by atoms with Gasteiger partial charge < -0.3 is 9.53 Å². The Morgan fingerprint density at radius 1 is 1.33 bits per heavy atom. The van der Waals surface area contributed by atoms with Crippen LogP contribution < -0.4 is 4.74 Å². The first-order valence-corrected chi connectivity index (χ1v) is 4.99. The molecule has 80 valence electrons. The van der Waals surface area contributed by atoms with Crippen LogP contribution >= 0.6 is 0 Å². The summed E-state index contributed by atoms with van der Waals surface area (Å²) in [5.41, 5.74) is 0.917. The lowest BCUT2D eigenvalue weighted by Gasteiger charge is -2.03. The molecule has 1 rings (SSSR count). The summed E-state index contributed by atoms with van der Waals surface area (Å²) in [7, 11) is 0. The van der Waals surface area contributed by atoms with Gasteiger partial charge in [0.1, 0.15) is 12.0 Å². The highest BCUT2D eigenvalue weighted by molar-refractivity contribution is 5.72. The smallest absolute Gasteiger partial charge is 0.311 e. The van der Waals surface area contributed by atoms with Gasteiger partial charge in [-0.15, -0.1) is 0 Å². The number of hydrogen-bond donors (Lipinski definition) is 0. The fourth-order valence-corrected chi connectivity index (χ4v) is 1.18. The highest BCUT2D eigenvalue weighted by atomic mass is 16.5. The first-order chi connectivity index (χ1) is 7.26. The Balaban J connectivity index is 2.56. The number of carbonyl (C=O) groups excluding carboxylic acids is 2. The van der Waals surface area contributed by atoms with Gasteiger partial charge in [-0.25, -0.2) is 0 Å². The van der Waals surface area contributed by atoms with Crippen LogP contribution in [0.5, 0.6) is 5.75 Å². The van der Waals surface area contributed by atoms with E-state index in [-0.39, 0.29) is 5.97 Å². The van der Waals surface area contributed by atoms with E-state index in [1.54, 1.807) is 24.3 Å². The second kappa shape index (κ2) is 5.96. The average Bonchev–Trinajstić information content (AvgIpc) is 2.22. The molecule has 0 aliphatic carbocycles. The SMILES string of the molecule is CCCC(=O)Oc1ccc(CC=O)cc1. The Hall–Kier alpha value is -1.64. The largest absolute Gasteiger partial charge is 0.427 e. The van der Waals surface area contributed by atoms with Crippen LogP contribution in [0.2, 0.25) is 0 Å². The number of hydrogen-bond acceptors (Lipinski definition) is 3. The molecule has 0 amide bonds. The van der Waals surface area contributed by atoms with E-state index in [0.29, 0.717) is 18.6 Å². The van der Waals surface area contributed by atoms with Crippen LogP contribution in [0.15, 0.2) is 24.3 Å². The molecule has 0 saturated carbocycles. The molecule has 0 bridgehead atoms. The van der Waals surface area contributed by atoms with Gasteiger partial charge in [0.25, 0.3) is 0 Å². The molecule has 0 radical (unpaired) electrons. The molecule has 0 aromatic heterocycles. The molecule has 0 unspecified atom stereocenters. The van der Waals surface area contributed by atoms with Crippen molar-refractivity contribution in [2.24, 2.45) is 0 Å². The summed E-state index contributed by atoms with van der Waals surface area (Å²) in [5.74, 6) is 0.309. The number of ether oxygens (including phenoxy) is 1. The molecule has 1 aromatic rings. The second-order valence-electron chi connectivity index (χ2n) is 3.24. The predicted octanol–water partition coefficient (Wildman–Crippen LogP) is 2.13. The molecule has 3 heteroatoms. The van der Waals surface area contributed by atoms with Crippen LogP contribution in [0.1, 0.15) is 25.3 Å². The molecule has 0 aliphatic heterocycles. The normalized spacial score (nSPS) is 9.67. The third-order valence-corrected chi connectivity index (χ3v) is 1.93. The molecular weight excluding hydrogens is 192 g/mol. The number of carbonyl (C=O) groups is 2. The van der Waals surface area contributed by atoms with Gasteiger partial charge in [-0.2, -0.15) is 0 Å². The van der Waals surface area contributed by atoms with Crippen LogP contribution in [-0.2, 0) is 16.0 Å². The average molecular weight is 206 g/mol. The molecule has 0 atom stereocenters. The van der Waals surface area contributed by atoms with E-state index in [4.69, 9.17) is 4.74 Å². The van der Waals surface area contributed by atoms with Crippen LogP contribution in [0, 0.1) is 0 Å². The van der Waals surface area contributed by atoms with Gasteiger partial charge in [0, 0.05) is 12.8 Å². The molecule has 1 aromatic carbocycles. The van der Waals surface area contributed by atoms with Crippen molar-refractivity contribution in [2.45, 2.75) is 26.2 Å². The van der Waals surface area contributed by atoms with E-state index >= 15 is 0 Å². The van der Waals surface area contributed by atoms with Gasteiger partial charge in [0.2, 0.25) is 0 Å². The van der Waals surface area contributed by atoms with E-state index in [1.807, 2.05) is 6.92 Å². The van der Waals surface area contributed by atoms with E-state index in [1.165, 1.54) is 0 Å². The molecule has 3 nitrogen and oxygen atoms in total. The Morgan fingerprint density at radius 2 is 2.00 bits per heavy atom. The van der Waals surface area contributed by atoms with Crippen molar-refractivity contribution < 1.29 is 14.3 Å². The number of aldehydes is 1. The maximum Gasteiger partial charge on any atom is 0.311 e. The van der Waals surface area contributed by atoms with E-state index < -0.39 is 0 Å². The van der Waals surface area contributed by atoms with E-state index in [9.17, 15) is 9.59 Å². The zero-order chi connectivity index (χ0) is 11.1. The quantitative estimate of drug-likeness (QED) is 0.421. The summed E-state index contributed by atoms with van der Waals surface area (Å²) >= 11 is 0. The van der Waals surface area contributed by atoms with Gasteiger partial charge in [-0.05, 0) is 24.1 Å². The standard InChI is InChI=1S/C12H14O3/c1-2-3-12(14)15-11-6-4-10(5-7-11)8-9-13/h4-7,9H,2-3,8H2,1H3. The van der Waals surface area contributed by atoms with Crippen LogP contribution in [0.3, 0.4) is 0 Å². The first kappa shape index (κ1) is 11.4. The Kier molecular flexibility index (Phi) is 4.54. The van der Waals surface area contributed by atoms with Crippen molar-refractivity contribution in [2.75, 3.05) is 0 Å². The molecule has 0 fully saturated rings. The molecule has 0 heterocycles. The zero-order valence-corrected chi connectivity index (χ0v) is 8.73. The monoisotopic (exact) mass is 206 g/mol. The van der Waals surface area contributed by atoms with Crippen LogP contribution in [0.25, 0.3) is 0 Å². The van der Waals surface area contributed by atoms with Gasteiger partial charge in [0.15, 0.2) is 0 Å². The number of rotatable bonds is 5. The van der Waals surface area contributed by atoms with Gasteiger partial charge in [-0.1, -0.05) is 19.1 Å². The second-order valence-corrected chi connectivity index (χ2v) is 3.24. The molecule has 0 aliphatic rings. The fraction of sp³-hybridized carbons (Fsp3) is 0.333. The summed E-state index contributed by atoms with van der Waals surface area (Å²) in [5, 5.41) is 0.